The average molecular weight is 616 g/mol. The fourth-order valence-corrected chi connectivity index (χ4v) is 4.71. The summed E-state index contributed by atoms with van der Waals surface area (Å²) < 4.78 is 7.70. The molecule has 0 fully saturated rings. The molecule has 7 nitrogen and oxygen atoms in total. The number of carbonyl (C=O) groups excluding carboxylic acids is 1. The van der Waals surface area contributed by atoms with Gasteiger partial charge in [0.1, 0.15) is 5.82 Å². The van der Waals surface area contributed by atoms with Gasteiger partial charge in [-0.05, 0) is 60.9 Å². The number of para-hydroxylation sites is 1. The first kappa shape index (κ1) is 27.8. The smallest absolute Gasteiger partial charge is 0.282 e. The number of fused-ring (bicyclic) bond motifs is 1. The van der Waals surface area contributed by atoms with Crippen LogP contribution in [-0.4, -0.2) is 28.4 Å². The quantitative estimate of drug-likeness (QED) is 0.213. The van der Waals surface area contributed by atoms with Gasteiger partial charge in [0.05, 0.1) is 27.2 Å². The summed E-state index contributed by atoms with van der Waals surface area (Å²) in [4.78, 5) is 30.4. The van der Waals surface area contributed by atoms with Crippen LogP contribution >= 0.6 is 39.1 Å². The number of amides is 1. The van der Waals surface area contributed by atoms with Gasteiger partial charge in [0.2, 0.25) is 0 Å². The summed E-state index contributed by atoms with van der Waals surface area (Å²) in [5, 5.41) is 8.11. The molecule has 3 aromatic carbocycles. The summed E-state index contributed by atoms with van der Waals surface area (Å²) in [6.07, 6.45) is 2.27. The predicted molar refractivity (Wildman–Crippen MR) is 157 cm³/mol. The molecule has 0 saturated heterocycles. The van der Waals surface area contributed by atoms with Crippen LogP contribution in [0.4, 0.5) is 5.69 Å². The number of anilines is 1. The first-order valence-corrected chi connectivity index (χ1v) is 13.5. The van der Waals surface area contributed by atoms with Crippen molar-refractivity contribution in [1.29, 1.82) is 0 Å². The topological polar surface area (TPSA) is 85.6 Å². The largest absolute Gasteiger partial charge is 0.481 e. The normalized spacial score (nSPS) is 12.2. The molecule has 0 aliphatic rings. The minimum atomic E-state index is -0.343. The minimum absolute atomic E-state index is 0.00155. The van der Waals surface area contributed by atoms with Crippen LogP contribution in [0.2, 0.25) is 10.0 Å². The highest BCUT2D eigenvalue weighted by molar-refractivity contribution is 9.10. The van der Waals surface area contributed by atoms with E-state index in [9.17, 15) is 9.59 Å². The third-order valence-electron chi connectivity index (χ3n) is 6.00. The van der Waals surface area contributed by atoms with E-state index >= 15 is 0 Å². The van der Waals surface area contributed by atoms with Crippen molar-refractivity contribution < 1.29 is 9.53 Å². The van der Waals surface area contributed by atoms with Crippen molar-refractivity contribution in [2.45, 2.75) is 33.1 Å². The summed E-state index contributed by atoms with van der Waals surface area (Å²) in [5.74, 6) is 0.395. The Balaban J connectivity index is 1.58. The van der Waals surface area contributed by atoms with E-state index < -0.39 is 0 Å². The predicted octanol–water partition coefficient (Wildman–Crippen LogP) is 7.19. The zero-order chi connectivity index (χ0) is 27.4. The monoisotopic (exact) mass is 614 g/mol. The van der Waals surface area contributed by atoms with Gasteiger partial charge in [-0.2, -0.15) is 9.78 Å². The molecule has 38 heavy (non-hydrogen) atoms. The molecule has 10 heteroatoms. The summed E-state index contributed by atoms with van der Waals surface area (Å²) in [7, 11) is 0. The molecule has 0 radical (unpaired) electrons. The maximum absolute atomic E-state index is 13.3. The van der Waals surface area contributed by atoms with Gasteiger partial charge >= 0.3 is 0 Å². The fourth-order valence-electron chi connectivity index (χ4n) is 3.73. The molecule has 1 amide bonds. The lowest BCUT2D eigenvalue weighted by molar-refractivity contribution is -0.118. The van der Waals surface area contributed by atoms with Crippen LogP contribution in [-0.2, 0) is 4.79 Å². The van der Waals surface area contributed by atoms with E-state index in [2.05, 4.69) is 26.3 Å². The van der Waals surface area contributed by atoms with Crippen LogP contribution in [0, 0.1) is 6.92 Å². The Labute approximate surface area is 238 Å². The van der Waals surface area contributed by atoms with Crippen LogP contribution in [0.3, 0.4) is 0 Å². The Morgan fingerprint density at radius 1 is 1.18 bits per heavy atom. The highest BCUT2D eigenvalue weighted by atomic mass is 79.9. The van der Waals surface area contributed by atoms with E-state index in [-0.39, 0.29) is 39.8 Å². The Bertz CT molecular complexity index is 1580. The number of ether oxygens (including phenoxy) is 1. The van der Waals surface area contributed by atoms with Gasteiger partial charge in [0.15, 0.2) is 12.4 Å². The molecule has 0 aliphatic carbocycles. The van der Waals surface area contributed by atoms with Gasteiger partial charge < -0.3 is 10.1 Å². The van der Waals surface area contributed by atoms with Crippen molar-refractivity contribution in [3.8, 4) is 5.75 Å². The molecule has 196 valence electrons. The number of aryl methyl sites for hydroxylation is 1. The summed E-state index contributed by atoms with van der Waals surface area (Å²) >= 11 is 16.3. The van der Waals surface area contributed by atoms with Gasteiger partial charge in [-0.25, -0.2) is 4.98 Å². The van der Waals surface area contributed by atoms with E-state index in [0.717, 1.165) is 16.5 Å². The maximum Gasteiger partial charge on any atom is 0.282 e. The van der Waals surface area contributed by atoms with Gasteiger partial charge in [0, 0.05) is 16.1 Å². The molecule has 1 heterocycles. The van der Waals surface area contributed by atoms with Crippen molar-refractivity contribution in [3.63, 3.8) is 0 Å². The van der Waals surface area contributed by atoms with E-state index in [0.29, 0.717) is 28.0 Å². The summed E-state index contributed by atoms with van der Waals surface area (Å²) in [5.41, 5.74) is 2.52. The van der Waals surface area contributed by atoms with E-state index in [1.54, 1.807) is 24.3 Å². The van der Waals surface area contributed by atoms with Crippen molar-refractivity contribution in [2.24, 2.45) is 5.10 Å². The van der Waals surface area contributed by atoms with Crippen molar-refractivity contribution in [2.75, 3.05) is 11.9 Å². The Morgan fingerprint density at radius 2 is 1.89 bits per heavy atom. The number of carbonyl (C=O) groups is 1. The molecular weight excluding hydrogens is 591 g/mol. The Hall–Kier alpha value is -3.20. The molecule has 0 unspecified atom stereocenters. The summed E-state index contributed by atoms with van der Waals surface area (Å²) in [6, 6.07) is 16.0. The Kier molecular flexibility index (Phi) is 8.87. The second-order valence-electron chi connectivity index (χ2n) is 8.77. The molecule has 0 spiro atoms. The lowest BCUT2D eigenvalue weighted by Gasteiger charge is -2.14. The number of nitrogens with zero attached hydrogens (tertiary/aromatic N) is 3. The maximum atomic E-state index is 13.3. The second kappa shape index (κ2) is 12.1. The second-order valence-corrected chi connectivity index (χ2v) is 10.5. The molecule has 1 N–H and O–H groups in total. The van der Waals surface area contributed by atoms with Crippen LogP contribution in [0.1, 0.15) is 43.1 Å². The number of halogens is 3. The van der Waals surface area contributed by atoms with Crippen LogP contribution in [0.25, 0.3) is 10.9 Å². The number of aromatic nitrogens is 2. The molecule has 0 saturated carbocycles. The number of nitrogens with one attached hydrogen (secondary N) is 1. The lowest BCUT2D eigenvalue weighted by Crippen LogP contribution is -2.23. The molecule has 4 aromatic rings. The van der Waals surface area contributed by atoms with E-state index in [4.69, 9.17) is 32.9 Å². The first-order chi connectivity index (χ1) is 18.2. The van der Waals surface area contributed by atoms with E-state index in [1.807, 2.05) is 51.1 Å². The van der Waals surface area contributed by atoms with Crippen molar-refractivity contribution >= 4 is 67.8 Å². The number of hydrogen-bond acceptors (Lipinski definition) is 5. The molecule has 0 bridgehead atoms. The van der Waals surface area contributed by atoms with Gasteiger partial charge in [-0.1, -0.05) is 71.2 Å². The number of rotatable bonds is 8. The number of benzene rings is 3. The Morgan fingerprint density at radius 3 is 2.58 bits per heavy atom. The van der Waals surface area contributed by atoms with Crippen molar-refractivity contribution in [1.82, 2.24) is 9.66 Å². The standard InChI is InChI=1S/C28H25BrCl2N4O3/c1-4-16(2)27-34-24-10-9-19(29)13-20(24)28(37)35(27)32-14-18-11-21(30)26(22(31)12-18)38-15-25(36)33-23-8-6-5-7-17(23)3/h5-14,16H,4,15H2,1-3H3,(H,33,36)/t16-/m0/s1. The van der Waals surface area contributed by atoms with Crippen molar-refractivity contribution in [3.05, 3.63) is 96.4 Å². The van der Waals surface area contributed by atoms with Crippen LogP contribution in [0.15, 0.2) is 69.0 Å². The summed E-state index contributed by atoms with van der Waals surface area (Å²) in [6.45, 7) is 5.65. The molecular formula is C28H25BrCl2N4O3. The van der Waals surface area contributed by atoms with E-state index in [1.165, 1.54) is 10.9 Å². The lowest BCUT2D eigenvalue weighted by atomic mass is 10.1. The van der Waals surface area contributed by atoms with Crippen LogP contribution in [0.5, 0.6) is 5.75 Å². The van der Waals surface area contributed by atoms with Gasteiger partial charge in [-0.15, -0.1) is 0 Å². The zero-order valence-electron chi connectivity index (χ0n) is 21.0. The molecule has 0 aliphatic heterocycles. The molecule has 1 atom stereocenters. The highest BCUT2D eigenvalue weighted by Gasteiger charge is 2.16. The van der Waals surface area contributed by atoms with Crippen LogP contribution < -0.4 is 15.6 Å². The number of hydrogen-bond donors (Lipinski definition) is 1. The van der Waals surface area contributed by atoms with Gasteiger partial charge in [0.25, 0.3) is 11.5 Å². The molecule has 4 rings (SSSR count). The zero-order valence-corrected chi connectivity index (χ0v) is 24.1. The first-order valence-electron chi connectivity index (χ1n) is 11.9. The highest BCUT2D eigenvalue weighted by Crippen LogP contribution is 2.34. The average Bonchev–Trinajstić information content (AvgIpc) is 2.88. The third kappa shape index (κ3) is 6.26. The minimum Gasteiger partial charge on any atom is -0.481 e. The molecule has 1 aromatic heterocycles. The third-order valence-corrected chi connectivity index (χ3v) is 7.05. The van der Waals surface area contributed by atoms with Gasteiger partial charge in [-0.3, -0.25) is 9.59 Å². The fraction of sp³-hybridized carbons (Fsp3) is 0.214. The SMILES string of the molecule is CC[C@H](C)c1nc2ccc(Br)cc2c(=O)n1N=Cc1cc(Cl)c(OCC(=O)Nc2ccccc2C)c(Cl)c1.